The average molecular weight is 994 g/mol. The van der Waals surface area contributed by atoms with Gasteiger partial charge in [-0.15, -0.1) is 11.3 Å². The highest BCUT2D eigenvalue weighted by molar-refractivity contribution is 7.25. The number of aromatic nitrogens is 1. The first-order valence-electron chi connectivity index (χ1n) is 26.8. The molecule has 0 fully saturated rings. The van der Waals surface area contributed by atoms with Crippen molar-refractivity contribution in [1.29, 1.82) is 0 Å². The number of para-hydroxylation sites is 1. The van der Waals surface area contributed by atoms with Crippen molar-refractivity contribution >= 4 is 64.1 Å². The van der Waals surface area contributed by atoms with Gasteiger partial charge in [0, 0.05) is 54.4 Å². The smallest absolute Gasteiger partial charge is 0.0491 e. The number of thiophene rings is 1. The molecule has 12 aromatic rings. The topological polar surface area (TPSA) is 4.93 Å². The molecule has 374 valence electrons. The Hall–Kier alpha value is -7.52. The van der Waals surface area contributed by atoms with Gasteiger partial charge in [-0.05, 0) is 181 Å². The van der Waals surface area contributed by atoms with Gasteiger partial charge in [-0.1, -0.05) is 201 Å². The molecule has 1 atom stereocenters. The number of benzene rings is 10. The van der Waals surface area contributed by atoms with Gasteiger partial charge in [-0.3, -0.25) is 0 Å². The quantitative estimate of drug-likeness (QED) is 0.143. The molecule has 2 aliphatic rings. The van der Waals surface area contributed by atoms with Crippen LogP contribution in [0.2, 0.25) is 0 Å². The molecular weight excluding hydrogens is 923 g/mol. The van der Waals surface area contributed by atoms with Crippen LogP contribution in [-0.4, -0.2) is 4.57 Å². The number of hydrogen-bond acceptors (Lipinski definition) is 1. The Labute approximate surface area is 450 Å². The van der Waals surface area contributed by atoms with E-state index in [0.717, 1.165) is 0 Å². The van der Waals surface area contributed by atoms with Crippen LogP contribution in [0.5, 0.6) is 0 Å². The summed E-state index contributed by atoms with van der Waals surface area (Å²) in [6.45, 7) is 24.4. The fourth-order valence-corrected chi connectivity index (χ4v) is 12.9. The minimum Gasteiger partial charge on any atom is -0.344 e. The maximum Gasteiger partial charge on any atom is 0.0491 e. The van der Waals surface area contributed by atoms with Crippen molar-refractivity contribution in [2.24, 2.45) is 7.05 Å². The lowest BCUT2D eigenvalue weighted by molar-refractivity contribution is 0.659. The van der Waals surface area contributed by atoms with E-state index in [-0.39, 0.29) is 5.41 Å². The van der Waals surface area contributed by atoms with E-state index in [0.29, 0.717) is 5.92 Å². The molecule has 2 aromatic heterocycles. The Morgan fingerprint density at radius 2 is 1.01 bits per heavy atom. The second-order valence-electron chi connectivity index (χ2n) is 21.9. The molecule has 0 amide bonds. The van der Waals surface area contributed by atoms with Gasteiger partial charge in [0.15, 0.2) is 0 Å². The zero-order chi connectivity index (χ0) is 52.7. The van der Waals surface area contributed by atoms with E-state index in [1.54, 1.807) is 0 Å². The highest BCUT2D eigenvalue weighted by Crippen LogP contribution is 2.52. The third-order valence-corrected chi connectivity index (χ3v) is 17.2. The summed E-state index contributed by atoms with van der Waals surface area (Å²) in [5.74, 6) is 0.643. The standard InChI is InChI=1S/C21H20.C16H16.C14H13N.C13H10S.C9H12/c1-13-9-10-17-18(11-13)21(3,4)19-12-14(2)15-7-5-6-8-16(15)20(17)19;1-11-6-5-9-14-12(2)10-13-7-3-4-8-15(13)16(11)14;1-10-6-5-9-13-14(10)11-7-3-4-8-12(11)15(13)2;1-9-6-7-13-11(8-9)10-4-2-3-5-12(10)14-13;1-7-4-5-8(2)9(3)6-7/h5-12H,1-4H3;3-9,12H,10H2,1-2H3;3-9H,1-2H3;2-8H,1H3;4-6H,1-3H3. The molecular formula is C73H71NS. The molecule has 0 aliphatic heterocycles. The molecule has 0 saturated heterocycles. The number of rotatable bonds is 0. The molecule has 10 aromatic carbocycles. The Morgan fingerprint density at radius 1 is 0.413 bits per heavy atom. The van der Waals surface area contributed by atoms with Gasteiger partial charge in [-0.2, -0.15) is 0 Å². The third-order valence-electron chi connectivity index (χ3n) is 16.0. The van der Waals surface area contributed by atoms with Crippen molar-refractivity contribution < 1.29 is 0 Å². The first-order chi connectivity index (χ1) is 36.1. The predicted molar refractivity (Wildman–Crippen MR) is 330 cm³/mol. The summed E-state index contributed by atoms with van der Waals surface area (Å²) in [5.41, 5.74) is 25.3. The highest BCUT2D eigenvalue weighted by atomic mass is 32.1. The summed E-state index contributed by atoms with van der Waals surface area (Å²) in [5, 5.41) is 8.29. The van der Waals surface area contributed by atoms with Crippen molar-refractivity contribution in [1.82, 2.24) is 4.57 Å². The van der Waals surface area contributed by atoms with Crippen LogP contribution in [0.4, 0.5) is 0 Å². The van der Waals surface area contributed by atoms with Crippen LogP contribution in [0.3, 0.4) is 0 Å². The number of nitrogens with zero attached hydrogens (tertiary/aromatic N) is 1. The van der Waals surface area contributed by atoms with Gasteiger partial charge in [-0.25, -0.2) is 0 Å². The van der Waals surface area contributed by atoms with Gasteiger partial charge in [0.1, 0.15) is 0 Å². The predicted octanol–water partition coefficient (Wildman–Crippen LogP) is 20.7. The third kappa shape index (κ3) is 9.85. The molecule has 0 radical (unpaired) electrons. The second-order valence-corrected chi connectivity index (χ2v) is 23.0. The normalized spacial score (nSPS) is 13.5. The van der Waals surface area contributed by atoms with Crippen LogP contribution in [0.1, 0.15) is 93.5 Å². The minimum atomic E-state index is 0.0888. The van der Waals surface area contributed by atoms with Gasteiger partial charge in [0.05, 0.1) is 0 Å². The van der Waals surface area contributed by atoms with Gasteiger partial charge < -0.3 is 4.57 Å². The monoisotopic (exact) mass is 994 g/mol. The van der Waals surface area contributed by atoms with E-state index < -0.39 is 0 Å². The van der Waals surface area contributed by atoms with Crippen LogP contribution in [0.15, 0.2) is 194 Å². The molecule has 1 unspecified atom stereocenters. The van der Waals surface area contributed by atoms with Crippen LogP contribution < -0.4 is 0 Å². The first kappa shape index (κ1) is 51.0. The Balaban J connectivity index is 0.000000109. The molecule has 0 bridgehead atoms. The summed E-state index contributed by atoms with van der Waals surface area (Å²) < 4.78 is 5.03. The van der Waals surface area contributed by atoms with Gasteiger partial charge in [0.25, 0.3) is 0 Å². The van der Waals surface area contributed by atoms with E-state index in [4.69, 9.17) is 0 Å². The Morgan fingerprint density at radius 3 is 1.79 bits per heavy atom. The summed E-state index contributed by atoms with van der Waals surface area (Å²) in [6, 6.07) is 70.4. The second kappa shape index (κ2) is 21.0. The molecule has 2 aliphatic carbocycles. The number of hydrogen-bond donors (Lipinski definition) is 0. The van der Waals surface area contributed by atoms with Crippen molar-refractivity contribution in [3.05, 3.63) is 261 Å². The summed E-state index contributed by atoms with van der Waals surface area (Å²) in [6.07, 6.45) is 1.17. The van der Waals surface area contributed by atoms with E-state index in [9.17, 15) is 0 Å². The van der Waals surface area contributed by atoms with Crippen molar-refractivity contribution in [2.45, 2.75) is 93.9 Å². The van der Waals surface area contributed by atoms with E-state index in [1.165, 1.54) is 148 Å². The molecule has 2 heterocycles. The Bertz CT molecular complexity index is 4080. The van der Waals surface area contributed by atoms with Crippen LogP contribution in [0.25, 0.3) is 75.0 Å². The fourth-order valence-electron chi connectivity index (χ4n) is 11.8. The zero-order valence-corrected chi connectivity index (χ0v) is 46.9. The molecule has 75 heavy (non-hydrogen) atoms. The SMILES string of the molecule is Cc1ccc(C)c(C)c1.Cc1ccc2c(c1)C(C)(C)c1cc(C)c3ccccc3c1-2.Cc1ccc2sc3ccccc3c2c1.Cc1cccc2c1-c1ccccc1CC2C.Cc1cccc2c1c1ccccc1n2C. The summed E-state index contributed by atoms with van der Waals surface area (Å²) >= 11 is 1.87. The van der Waals surface area contributed by atoms with Crippen LogP contribution in [0, 0.1) is 55.4 Å². The molecule has 0 N–H and O–H groups in total. The fraction of sp³-hybridized carbons (Fsp3) is 0.205. The highest BCUT2D eigenvalue weighted by Gasteiger charge is 2.36. The lowest BCUT2D eigenvalue weighted by Gasteiger charge is -2.26. The molecule has 14 rings (SSSR count). The van der Waals surface area contributed by atoms with Crippen LogP contribution >= 0.6 is 11.3 Å². The average Bonchev–Trinajstić information content (AvgIpc) is 4.07. The number of aryl methyl sites for hydroxylation is 9. The molecule has 2 heteroatoms. The van der Waals surface area contributed by atoms with E-state index >= 15 is 0 Å². The van der Waals surface area contributed by atoms with E-state index in [2.05, 4.69) is 282 Å². The number of fused-ring (bicyclic) bond motifs is 14. The largest absolute Gasteiger partial charge is 0.344 e. The molecule has 0 spiro atoms. The lowest BCUT2D eigenvalue weighted by atomic mass is 9.78. The minimum absolute atomic E-state index is 0.0888. The molecule has 0 saturated carbocycles. The summed E-state index contributed by atoms with van der Waals surface area (Å²) in [7, 11) is 2.13. The lowest BCUT2D eigenvalue weighted by Crippen LogP contribution is -2.15. The van der Waals surface area contributed by atoms with Gasteiger partial charge >= 0.3 is 0 Å². The maximum absolute atomic E-state index is 2.40. The van der Waals surface area contributed by atoms with Crippen LogP contribution in [-0.2, 0) is 18.9 Å². The summed E-state index contributed by atoms with van der Waals surface area (Å²) in [4.78, 5) is 0. The van der Waals surface area contributed by atoms with Gasteiger partial charge in [0.2, 0.25) is 0 Å². The van der Waals surface area contributed by atoms with Crippen molar-refractivity contribution in [3.63, 3.8) is 0 Å². The maximum atomic E-state index is 2.40. The molecule has 1 nitrogen and oxygen atoms in total. The first-order valence-corrected chi connectivity index (χ1v) is 27.6. The van der Waals surface area contributed by atoms with Crippen molar-refractivity contribution in [3.8, 4) is 22.3 Å². The van der Waals surface area contributed by atoms with Crippen molar-refractivity contribution in [2.75, 3.05) is 0 Å². The Kier molecular flexibility index (Phi) is 14.3. The zero-order valence-electron chi connectivity index (χ0n) is 46.1. The van der Waals surface area contributed by atoms with E-state index in [1.807, 2.05) is 11.3 Å².